The minimum absolute atomic E-state index is 0.0647. The lowest BCUT2D eigenvalue weighted by Gasteiger charge is -2.30. The summed E-state index contributed by atoms with van der Waals surface area (Å²) in [4.78, 5) is 160. The Morgan fingerprint density at radius 1 is 0.656 bits per heavy atom. The number of aliphatic hydroxyl groups is 1. The van der Waals surface area contributed by atoms with Crippen molar-refractivity contribution in [2.45, 2.75) is 146 Å². The molecule has 2 aliphatic heterocycles. The first-order valence-electron chi connectivity index (χ1n) is 31.2. The van der Waals surface area contributed by atoms with E-state index < -0.39 is 108 Å². The number of phenolic OH excluding ortho intramolecular Hbond substituents is 1. The average molecular weight is 1280 g/mol. The van der Waals surface area contributed by atoms with Gasteiger partial charge in [-0.15, -0.1) is 0 Å². The van der Waals surface area contributed by atoms with Gasteiger partial charge in [-0.05, 0) is 92.3 Å². The number of hydrogen-bond donors (Lipinski definition) is 16. The Morgan fingerprint density at radius 3 is 1.73 bits per heavy atom. The number of aliphatic imine (C=N–C) groups is 1. The van der Waals surface area contributed by atoms with E-state index in [1.54, 1.807) is 43.6 Å². The van der Waals surface area contributed by atoms with E-state index in [9.17, 15) is 48.6 Å². The van der Waals surface area contributed by atoms with Crippen LogP contribution in [-0.4, -0.2) is 181 Å². The number of phenols is 1. The van der Waals surface area contributed by atoms with Crippen LogP contribution in [0.2, 0.25) is 0 Å². The summed E-state index contributed by atoms with van der Waals surface area (Å²) in [5, 5.41) is 47.0. The Morgan fingerprint density at radius 2 is 1.19 bits per heavy atom. The van der Waals surface area contributed by atoms with Gasteiger partial charge in [0.15, 0.2) is 5.96 Å². The number of hydrogen-bond acceptors (Lipinski definition) is 14. The van der Waals surface area contributed by atoms with E-state index in [1.165, 1.54) is 41.7 Å². The highest BCUT2D eigenvalue weighted by Gasteiger charge is 2.40. The fraction of sp³-hybridized carbons (Fsp3) is 0.438. The number of rotatable bonds is 32. The van der Waals surface area contributed by atoms with Crippen molar-refractivity contribution in [1.29, 1.82) is 0 Å². The molecule has 3 aromatic heterocycles. The molecule has 0 spiro atoms. The number of guanidine groups is 1. The summed E-state index contributed by atoms with van der Waals surface area (Å²) in [7, 11) is 0. The first kappa shape index (κ1) is 68.6. The number of nitrogens with two attached hydrogens (primary N) is 2. The number of benzene rings is 3. The van der Waals surface area contributed by atoms with E-state index >= 15 is 9.59 Å². The Bertz CT molecular complexity index is 3640. The Hall–Kier alpha value is -10.3. The molecule has 0 bridgehead atoms. The molecule has 0 saturated carbocycles. The molecule has 0 aliphatic carbocycles. The van der Waals surface area contributed by atoms with E-state index in [2.05, 4.69) is 72.8 Å². The Kier molecular flexibility index (Phi) is 24.1. The molecular weight excluding hydrogens is 1200 g/mol. The van der Waals surface area contributed by atoms with Gasteiger partial charge in [-0.1, -0.05) is 62.4 Å². The van der Waals surface area contributed by atoms with Gasteiger partial charge >= 0.3 is 0 Å². The van der Waals surface area contributed by atoms with Crippen LogP contribution in [0.3, 0.4) is 0 Å². The van der Waals surface area contributed by atoms with E-state index in [0.29, 0.717) is 63.6 Å². The molecule has 2 fully saturated rings. The molecule has 8 rings (SSSR count). The minimum atomic E-state index is -1.78. The number of para-hydroxylation sites is 2. The van der Waals surface area contributed by atoms with Gasteiger partial charge < -0.3 is 89.4 Å². The summed E-state index contributed by atoms with van der Waals surface area (Å²) in [5.41, 5.74) is 14.6. The predicted molar refractivity (Wildman–Crippen MR) is 343 cm³/mol. The van der Waals surface area contributed by atoms with Gasteiger partial charge in [0.05, 0.1) is 12.9 Å². The van der Waals surface area contributed by atoms with Crippen LogP contribution in [0.5, 0.6) is 5.75 Å². The molecule has 93 heavy (non-hydrogen) atoms. The van der Waals surface area contributed by atoms with Gasteiger partial charge in [-0.3, -0.25) is 52.9 Å². The number of aromatic amines is 3. The van der Waals surface area contributed by atoms with Crippen LogP contribution in [-0.2, 0) is 73.6 Å². The van der Waals surface area contributed by atoms with Crippen molar-refractivity contribution in [1.82, 2.24) is 72.7 Å². The monoisotopic (exact) mass is 1280 g/mol. The van der Waals surface area contributed by atoms with Crippen molar-refractivity contribution in [3.05, 3.63) is 120 Å². The summed E-state index contributed by atoms with van der Waals surface area (Å²) < 4.78 is 0. The number of aliphatic hydroxyl groups excluding tert-OH is 1. The van der Waals surface area contributed by atoms with Crippen molar-refractivity contribution < 1.29 is 58.2 Å². The lowest BCUT2D eigenvalue weighted by molar-refractivity contribution is -0.142. The smallest absolute Gasteiger partial charge is 0.245 e. The van der Waals surface area contributed by atoms with Crippen LogP contribution >= 0.6 is 0 Å². The second kappa shape index (κ2) is 32.6. The topological polar surface area (TPSA) is 447 Å². The number of likely N-dealkylation sites (N-methyl/N-ethyl adjacent to an activating group) is 1. The van der Waals surface area contributed by atoms with Crippen molar-refractivity contribution in [2.75, 3.05) is 26.2 Å². The summed E-state index contributed by atoms with van der Waals surface area (Å²) in [6.07, 6.45) is 7.10. The van der Waals surface area contributed by atoms with E-state index in [1.807, 2.05) is 38.1 Å². The van der Waals surface area contributed by atoms with Crippen LogP contribution in [0.4, 0.5) is 0 Å². The first-order chi connectivity index (χ1) is 44.7. The number of nitrogens with one attached hydrogen (secondary N) is 12. The third-order valence-electron chi connectivity index (χ3n) is 16.3. The fourth-order valence-corrected chi connectivity index (χ4v) is 11.5. The molecule has 2 saturated heterocycles. The maximum Gasteiger partial charge on any atom is 0.245 e. The number of amides is 10. The van der Waals surface area contributed by atoms with Crippen LogP contribution in [0, 0.1) is 5.92 Å². The van der Waals surface area contributed by atoms with Crippen molar-refractivity contribution in [3.63, 3.8) is 0 Å². The largest absolute Gasteiger partial charge is 0.508 e. The Labute approximate surface area is 536 Å². The number of nitrogens with zero attached hydrogens (tertiary/aromatic N) is 3. The quantitative estimate of drug-likeness (QED) is 0.0140. The van der Waals surface area contributed by atoms with Crippen LogP contribution in [0.25, 0.3) is 21.8 Å². The maximum atomic E-state index is 15.1. The highest BCUT2D eigenvalue weighted by atomic mass is 16.3. The number of likely N-dealkylation sites (tertiary alicyclic amines) is 1. The van der Waals surface area contributed by atoms with Gasteiger partial charge in [0.2, 0.25) is 59.1 Å². The fourth-order valence-electron chi connectivity index (χ4n) is 11.5. The maximum absolute atomic E-state index is 15.1. The van der Waals surface area contributed by atoms with E-state index in [-0.39, 0.29) is 100 Å². The molecule has 6 aromatic rings. The van der Waals surface area contributed by atoms with Crippen molar-refractivity contribution in [2.24, 2.45) is 22.4 Å². The number of aromatic nitrogens is 4. The van der Waals surface area contributed by atoms with Crippen LogP contribution in [0.15, 0.2) is 103 Å². The summed E-state index contributed by atoms with van der Waals surface area (Å²) in [5.74, 6) is -7.58. The van der Waals surface area contributed by atoms with Crippen molar-refractivity contribution in [3.8, 4) is 5.75 Å². The summed E-state index contributed by atoms with van der Waals surface area (Å²) >= 11 is 0. The first-order valence-corrected chi connectivity index (χ1v) is 31.2. The third kappa shape index (κ3) is 18.9. The molecule has 29 nitrogen and oxygen atoms in total. The van der Waals surface area contributed by atoms with Crippen molar-refractivity contribution >= 4 is 86.8 Å². The Balaban J connectivity index is 1.05. The molecular formula is C64H83N17O12. The lowest BCUT2D eigenvalue weighted by atomic mass is 9.99. The number of carbonyl (C=O) groups excluding carboxylic acids is 10. The molecule has 18 N–H and O–H groups in total. The third-order valence-corrected chi connectivity index (χ3v) is 16.3. The van der Waals surface area contributed by atoms with Gasteiger partial charge in [-0.2, -0.15) is 0 Å². The van der Waals surface area contributed by atoms with Gasteiger partial charge in [-0.25, -0.2) is 4.98 Å². The van der Waals surface area contributed by atoms with Gasteiger partial charge in [0.1, 0.15) is 60.1 Å². The second-order valence-electron chi connectivity index (χ2n) is 23.7. The lowest BCUT2D eigenvalue weighted by Crippen LogP contribution is -2.61. The zero-order valence-corrected chi connectivity index (χ0v) is 52.1. The number of imidazole rings is 1. The molecule has 0 radical (unpaired) electrons. The average Bonchev–Trinajstić information content (AvgIpc) is 1.82. The number of aromatic hydroxyl groups is 1. The zero-order chi connectivity index (χ0) is 66.7. The predicted octanol–water partition coefficient (Wildman–Crippen LogP) is -0.760. The van der Waals surface area contributed by atoms with Crippen LogP contribution < -0.4 is 59.3 Å². The number of H-pyrrole nitrogens is 3. The molecule has 496 valence electrons. The van der Waals surface area contributed by atoms with E-state index in [0.717, 1.165) is 0 Å². The van der Waals surface area contributed by atoms with Gasteiger partial charge in [0.25, 0.3) is 0 Å². The standard InChI is InChI=1S/C64H83N17O12/c1-4-68-62(92)53-16-10-24-81(53)63(93)46(15-9-23-69-64(65)66)74-56(86)47(25-35(2)3)75-58(88)49(27-37-30-70-43-13-7-5-11-41(37)43)77-57(87)48(26-36-17-19-40(83)20-18-36)76-61(91)52(33-82)80-59(89)50(28-38-31-71-44-14-8-6-12-42(38)44)78-60(90)51(29-39-32-67-34-72-39)79-55(85)45-21-22-54(84)73-45/h5-8,11-14,17-20,30-32,34-35,45-53,70-71,82-83H,4,9-10,15-16,21-29,33H2,1-3H3,(H,67,72)(H,68,92)(H,73,84)(H,74,86)(H,75,88)(H,76,91)(H,77,87)(H,78,90)(H,79,85)(H,80,89)(H4,65,66,69)/t45-,46-,47-,48-,49-,50-,51-,52-,53-/m0/s1. The SMILES string of the molecule is CCNC(=O)[C@@H]1CCCN1C(=O)[C@H](CCCN=C(N)N)NC(=O)[C@H](CC(C)C)NC(=O)[C@H](Cc1c[nH]c2ccccc12)NC(=O)[C@H](Cc1ccc(O)cc1)NC(=O)[C@H](CO)NC(=O)[C@H](Cc1c[nH]c2ccccc12)NC(=O)[C@H](Cc1cnc[nH]1)NC(=O)[C@@H]1CCC(=O)N1. The zero-order valence-electron chi connectivity index (χ0n) is 52.1. The summed E-state index contributed by atoms with van der Waals surface area (Å²) in [6.45, 7) is 5.14. The highest BCUT2D eigenvalue weighted by molar-refractivity contribution is 6.00. The van der Waals surface area contributed by atoms with Crippen LogP contribution in [0.1, 0.15) is 88.1 Å². The summed E-state index contributed by atoms with van der Waals surface area (Å²) in [6, 6.07) is 8.42. The molecule has 5 heterocycles. The molecule has 0 unspecified atom stereocenters. The molecule has 9 atom stereocenters. The van der Waals surface area contributed by atoms with E-state index in [4.69, 9.17) is 11.5 Å². The molecule has 2 aliphatic rings. The van der Waals surface area contributed by atoms with Gasteiger partial charge in [0, 0.05) is 97.8 Å². The second-order valence-corrected chi connectivity index (χ2v) is 23.7. The normalized spacial score (nSPS) is 16.8. The number of fused-ring (bicyclic) bond motifs is 2. The molecule has 29 heteroatoms. The molecule has 10 amide bonds. The number of carbonyl (C=O) groups is 10. The minimum Gasteiger partial charge on any atom is -0.508 e. The highest BCUT2D eigenvalue weighted by Crippen LogP contribution is 2.24. The molecule has 3 aromatic carbocycles.